The molecule has 0 saturated heterocycles. The highest BCUT2D eigenvalue weighted by Gasteiger charge is 2.32. The van der Waals surface area contributed by atoms with Crippen molar-refractivity contribution in [2.45, 2.75) is 22.7 Å². The van der Waals surface area contributed by atoms with E-state index in [-0.39, 0.29) is 10.7 Å². The van der Waals surface area contributed by atoms with Crippen LogP contribution in [0.25, 0.3) is 0 Å². The number of ether oxygens (including phenoxy) is 1. The molecule has 0 amide bonds. The number of alkyl halides is 1. The average molecular weight is 523 g/mol. The summed E-state index contributed by atoms with van der Waals surface area (Å²) in [4.78, 5) is 12.4. The number of sulfonamides is 1. The molecule has 5 nitrogen and oxygen atoms in total. The molecule has 3 aromatic rings. The lowest BCUT2D eigenvalue weighted by molar-refractivity contribution is 0.0982. The van der Waals surface area contributed by atoms with Crippen LogP contribution < -0.4 is 9.46 Å². The molecule has 8 heteroatoms. The van der Waals surface area contributed by atoms with Crippen LogP contribution in [-0.2, 0) is 10.0 Å². The van der Waals surface area contributed by atoms with Crippen molar-refractivity contribution >= 4 is 43.3 Å². The number of benzene rings is 3. The summed E-state index contributed by atoms with van der Waals surface area (Å²) < 4.78 is 34.0. The van der Waals surface area contributed by atoms with Crippen molar-refractivity contribution in [1.29, 1.82) is 0 Å². The third-order valence-electron chi connectivity index (χ3n) is 4.76. The summed E-state index contributed by atoms with van der Waals surface area (Å²) in [5.41, 5.74) is 1.97. The molecule has 0 bridgehead atoms. The van der Waals surface area contributed by atoms with E-state index in [1.807, 2.05) is 6.92 Å². The van der Waals surface area contributed by atoms with Gasteiger partial charge in [-0.1, -0.05) is 57.4 Å². The first kappa shape index (κ1) is 23.5. The van der Waals surface area contributed by atoms with Crippen molar-refractivity contribution in [2.75, 3.05) is 7.11 Å². The molecule has 31 heavy (non-hydrogen) atoms. The smallest absolute Gasteiger partial charge is 0.241 e. The second-order valence-corrected chi connectivity index (χ2v) is 10.1. The Morgan fingerprint density at radius 1 is 0.968 bits per heavy atom. The van der Waals surface area contributed by atoms with Gasteiger partial charge in [-0.25, -0.2) is 13.1 Å². The third-order valence-corrected chi connectivity index (χ3v) is 7.41. The summed E-state index contributed by atoms with van der Waals surface area (Å²) in [6.45, 7) is 1.88. The molecule has 0 aliphatic heterocycles. The van der Waals surface area contributed by atoms with Gasteiger partial charge in [0.25, 0.3) is 0 Å². The van der Waals surface area contributed by atoms with Gasteiger partial charge in [-0.15, -0.1) is 0 Å². The number of hydrogen-bond donors (Lipinski definition) is 1. The topological polar surface area (TPSA) is 72.5 Å². The van der Waals surface area contributed by atoms with E-state index >= 15 is 0 Å². The maximum atomic E-state index is 13.1. The maximum absolute atomic E-state index is 13.1. The monoisotopic (exact) mass is 521 g/mol. The summed E-state index contributed by atoms with van der Waals surface area (Å²) in [5, 5.41) is 0.509. The molecule has 0 spiro atoms. The van der Waals surface area contributed by atoms with Crippen LogP contribution in [0.2, 0.25) is 5.02 Å². The minimum atomic E-state index is -3.89. The van der Waals surface area contributed by atoms with Gasteiger partial charge in [0, 0.05) is 10.6 Å². The van der Waals surface area contributed by atoms with Gasteiger partial charge < -0.3 is 4.74 Å². The molecule has 0 saturated carbocycles. The van der Waals surface area contributed by atoms with E-state index in [0.717, 1.165) is 5.56 Å². The molecule has 0 aromatic heterocycles. The van der Waals surface area contributed by atoms with E-state index < -0.39 is 20.9 Å². The fourth-order valence-electron chi connectivity index (χ4n) is 2.99. The quantitative estimate of drug-likeness (QED) is 0.321. The Morgan fingerprint density at radius 2 is 1.55 bits per heavy atom. The van der Waals surface area contributed by atoms with Crippen LogP contribution in [-0.4, -0.2) is 26.1 Å². The van der Waals surface area contributed by atoms with Gasteiger partial charge in [0.2, 0.25) is 10.0 Å². The van der Waals surface area contributed by atoms with Crippen molar-refractivity contribution in [1.82, 2.24) is 4.72 Å². The Balaban J connectivity index is 1.98. The number of carbonyl (C=O) groups excluding carboxylic acids is 1. The molecule has 3 aromatic carbocycles. The van der Waals surface area contributed by atoms with Crippen LogP contribution >= 0.6 is 27.5 Å². The minimum Gasteiger partial charge on any atom is -0.497 e. The van der Waals surface area contributed by atoms with E-state index in [4.69, 9.17) is 16.3 Å². The molecule has 0 radical (unpaired) electrons. The molecule has 2 atom stereocenters. The minimum absolute atomic E-state index is 0.121. The van der Waals surface area contributed by atoms with Gasteiger partial charge in [-0.05, 0) is 61.0 Å². The predicted octanol–water partition coefficient (Wildman–Crippen LogP) is 5.32. The zero-order valence-corrected chi connectivity index (χ0v) is 20.0. The van der Waals surface area contributed by atoms with Crippen LogP contribution in [0, 0.1) is 6.92 Å². The van der Waals surface area contributed by atoms with Crippen molar-refractivity contribution in [3.8, 4) is 5.75 Å². The second kappa shape index (κ2) is 9.96. The van der Waals surface area contributed by atoms with Gasteiger partial charge in [-0.3, -0.25) is 4.79 Å². The summed E-state index contributed by atoms with van der Waals surface area (Å²) in [7, 11) is -2.35. The first-order valence-corrected chi connectivity index (χ1v) is 12.2. The Morgan fingerprint density at radius 3 is 2.10 bits per heavy atom. The zero-order valence-electron chi connectivity index (χ0n) is 16.9. The first-order chi connectivity index (χ1) is 14.7. The zero-order chi connectivity index (χ0) is 22.6. The number of methoxy groups -OCH3 is 1. The molecule has 0 fully saturated rings. The summed E-state index contributed by atoms with van der Waals surface area (Å²) in [6, 6.07) is 19.0. The standard InChI is InChI=1S/C23H21BrClNO4S/c1-15-3-13-20(14-4-15)31(28,29)26-22(16-7-11-19(30-2)12-8-16)21(24)23(27)17-5-9-18(25)10-6-17/h3-14,21-22,26H,1-2H3. The van der Waals surface area contributed by atoms with E-state index in [1.54, 1.807) is 67.8 Å². The number of aryl methyl sites for hydroxylation is 1. The average Bonchev–Trinajstić information content (AvgIpc) is 2.77. The number of nitrogens with one attached hydrogen (secondary N) is 1. The molecule has 0 aliphatic rings. The van der Waals surface area contributed by atoms with E-state index in [0.29, 0.717) is 21.9 Å². The van der Waals surface area contributed by atoms with Gasteiger partial charge >= 0.3 is 0 Å². The number of ketones is 1. The largest absolute Gasteiger partial charge is 0.497 e. The summed E-state index contributed by atoms with van der Waals surface area (Å²) in [6.07, 6.45) is 0. The number of rotatable bonds is 8. The fourth-order valence-corrected chi connectivity index (χ4v) is 5.22. The molecular formula is C23H21BrClNO4S. The molecular weight excluding hydrogens is 502 g/mol. The number of Topliss-reactive ketones (excluding diaryl/α,β-unsaturated/α-hetero) is 1. The number of hydrogen-bond acceptors (Lipinski definition) is 4. The molecule has 162 valence electrons. The normalized spacial score (nSPS) is 13.4. The van der Waals surface area contributed by atoms with Crippen LogP contribution in [0.15, 0.2) is 77.7 Å². The van der Waals surface area contributed by atoms with E-state index in [2.05, 4.69) is 20.7 Å². The second-order valence-electron chi connectivity index (χ2n) is 6.96. The van der Waals surface area contributed by atoms with Crippen molar-refractivity contribution < 1.29 is 17.9 Å². The number of halogens is 2. The highest BCUT2D eigenvalue weighted by Crippen LogP contribution is 2.29. The van der Waals surface area contributed by atoms with E-state index in [9.17, 15) is 13.2 Å². The molecule has 1 N–H and O–H groups in total. The Hall–Kier alpha value is -2.19. The lowest BCUT2D eigenvalue weighted by atomic mass is 9.98. The highest BCUT2D eigenvalue weighted by atomic mass is 79.9. The van der Waals surface area contributed by atoms with E-state index in [1.165, 1.54) is 12.1 Å². The van der Waals surface area contributed by atoms with Gasteiger partial charge in [0.15, 0.2) is 5.78 Å². The van der Waals surface area contributed by atoms with Crippen LogP contribution in [0.1, 0.15) is 27.5 Å². The highest BCUT2D eigenvalue weighted by molar-refractivity contribution is 9.10. The van der Waals surface area contributed by atoms with Gasteiger partial charge in [0.1, 0.15) is 5.75 Å². The van der Waals surface area contributed by atoms with Crippen LogP contribution in [0.3, 0.4) is 0 Å². The third kappa shape index (κ3) is 5.74. The Kier molecular flexibility index (Phi) is 7.54. The lowest BCUT2D eigenvalue weighted by Crippen LogP contribution is -2.37. The van der Waals surface area contributed by atoms with Crippen molar-refractivity contribution in [2.24, 2.45) is 0 Å². The van der Waals surface area contributed by atoms with Gasteiger partial charge in [0.05, 0.1) is 22.9 Å². The Labute approximate surface area is 195 Å². The Bertz CT molecular complexity index is 1150. The molecule has 2 unspecified atom stereocenters. The summed E-state index contributed by atoms with van der Waals surface area (Å²) in [5.74, 6) is 0.350. The maximum Gasteiger partial charge on any atom is 0.241 e. The fraction of sp³-hybridized carbons (Fsp3) is 0.174. The molecule has 3 rings (SSSR count). The number of carbonyl (C=O) groups is 1. The predicted molar refractivity (Wildman–Crippen MR) is 126 cm³/mol. The first-order valence-electron chi connectivity index (χ1n) is 9.38. The van der Waals surface area contributed by atoms with Crippen molar-refractivity contribution in [3.63, 3.8) is 0 Å². The van der Waals surface area contributed by atoms with Crippen LogP contribution in [0.4, 0.5) is 0 Å². The van der Waals surface area contributed by atoms with Crippen LogP contribution in [0.5, 0.6) is 5.75 Å². The SMILES string of the molecule is COc1ccc(C(NS(=O)(=O)c2ccc(C)cc2)C(Br)C(=O)c2ccc(Cl)cc2)cc1. The van der Waals surface area contributed by atoms with Gasteiger partial charge in [-0.2, -0.15) is 0 Å². The lowest BCUT2D eigenvalue weighted by Gasteiger charge is -2.24. The van der Waals surface area contributed by atoms with Crippen molar-refractivity contribution in [3.05, 3.63) is 94.5 Å². The molecule has 0 heterocycles. The summed E-state index contributed by atoms with van der Waals surface area (Å²) >= 11 is 9.36. The molecule has 0 aliphatic carbocycles.